The molecule has 1 aliphatic heterocycles. The van der Waals surface area contributed by atoms with Crippen molar-refractivity contribution in [3.05, 3.63) is 29.6 Å². The van der Waals surface area contributed by atoms with Crippen LogP contribution < -0.4 is 5.73 Å². The Kier molecular flexibility index (Phi) is 4.13. The lowest BCUT2D eigenvalue weighted by Crippen LogP contribution is -2.34. The number of thiocarbonyl (C=S) groups is 1. The van der Waals surface area contributed by atoms with Crippen molar-refractivity contribution in [2.45, 2.75) is 31.2 Å². The topological polar surface area (TPSA) is 63.4 Å². The van der Waals surface area contributed by atoms with E-state index in [4.69, 9.17) is 18.0 Å². The van der Waals surface area contributed by atoms with Crippen LogP contribution in [-0.2, 0) is 10.0 Å². The molecule has 0 aliphatic carbocycles. The van der Waals surface area contributed by atoms with E-state index in [-0.39, 0.29) is 21.5 Å². The molecule has 0 amide bonds. The third-order valence-corrected chi connectivity index (χ3v) is 5.73. The first-order valence-electron chi connectivity index (χ1n) is 6.34. The van der Waals surface area contributed by atoms with E-state index in [1.54, 1.807) is 0 Å². The fourth-order valence-electron chi connectivity index (χ4n) is 2.59. The molecular weight excluding hydrogens is 299 g/mol. The van der Waals surface area contributed by atoms with Crippen molar-refractivity contribution in [3.8, 4) is 0 Å². The van der Waals surface area contributed by atoms with Gasteiger partial charge < -0.3 is 5.73 Å². The molecule has 2 rings (SSSR count). The van der Waals surface area contributed by atoms with Crippen LogP contribution >= 0.6 is 12.2 Å². The summed E-state index contributed by atoms with van der Waals surface area (Å²) in [5, 5.41) is 0. The summed E-state index contributed by atoms with van der Waals surface area (Å²) in [5.41, 5.74) is 5.37. The van der Waals surface area contributed by atoms with Crippen LogP contribution in [-0.4, -0.2) is 30.3 Å². The Morgan fingerprint density at radius 1 is 1.45 bits per heavy atom. The summed E-state index contributed by atoms with van der Waals surface area (Å²) in [7, 11) is -3.64. The minimum atomic E-state index is -3.64. The van der Waals surface area contributed by atoms with Crippen molar-refractivity contribution in [2.24, 2.45) is 11.7 Å². The molecule has 1 aromatic rings. The van der Waals surface area contributed by atoms with Crippen molar-refractivity contribution in [2.75, 3.05) is 6.54 Å². The van der Waals surface area contributed by atoms with Crippen LogP contribution in [0.2, 0.25) is 0 Å². The minimum Gasteiger partial charge on any atom is -0.389 e. The Labute approximate surface area is 123 Å². The monoisotopic (exact) mass is 316 g/mol. The summed E-state index contributed by atoms with van der Waals surface area (Å²) in [4.78, 5) is -0.120. The van der Waals surface area contributed by atoms with Crippen LogP contribution in [0.4, 0.5) is 4.39 Å². The molecule has 2 atom stereocenters. The Balaban J connectivity index is 2.45. The number of rotatable bonds is 3. The molecule has 1 saturated heterocycles. The molecule has 1 aliphatic rings. The lowest BCUT2D eigenvalue weighted by Gasteiger charge is -2.21. The van der Waals surface area contributed by atoms with Gasteiger partial charge in [0.1, 0.15) is 10.8 Å². The van der Waals surface area contributed by atoms with Crippen LogP contribution in [0.15, 0.2) is 23.1 Å². The van der Waals surface area contributed by atoms with Gasteiger partial charge in [-0.3, -0.25) is 0 Å². The molecule has 0 aromatic heterocycles. The molecule has 0 radical (unpaired) electrons. The molecular formula is C13H17FN2O2S2. The van der Waals surface area contributed by atoms with Gasteiger partial charge in [0.25, 0.3) is 0 Å². The highest BCUT2D eigenvalue weighted by molar-refractivity contribution is 7.89. The average molecular weight is 316 g/mol. The predicted octanol–water partition coefficient (Wildman–Crippen LogP) is 1.88. The summed E-state index contributed by atoms with van der Waals surface area (Å²) in [6, 6.07) is 3.49. The van der Waals surface area contributed by atoms with Gasteiger partial charge in [-0.1, -0.05) is 19.1 Å². The summed E-state index contributed by atoms with van der Waals surface area (Å²) >= 11 is 4.74. The number of hydrogen-bond donors (Lipinski definition) is 1. The number of nitrogens with two attached hydrogens (primary N) is 1. The molecule has 4 nitrogen and oxygen atoms in total. The third kappa shape index (κ3) is 2.70. The lowest BCUT2D eigenvalue weighted by molar-refractivity contribution is 0.405. The van der Waals surface area contributed by atoms with E-state index < -0.39 is 15.8 Å². The standard InChI is InChI=1S/C13H17FN2O2S2/c1-8-5-9(2)16(7-8)20(17,18)10-3-4-12(14)11(6-10)13(15)19/h3-4,6,8-9H,5,7H2,1-2H3,(H2,15,19). The molecule has 1 aromatic carbocycles. The van der Waals surface area contributed by atoms with Crippen molar-refractivity contribution in [1.29, 1.82) is 0 Å². The van der Waals surface area contributed by atoms with Gasteiger partial charge in [-0.15, -0.1) is 0 Å². The molecule has 1 fully saturated rings. The molecule has 110 valence electrons. The highest BCUT2D eigenvalue weighted by atomic mass is 32.2. The van der Waals surface area contributed by atoms with Crippen LogP contribution in [0.1, 0.15) is 25.8 Å². The quantitative estimate of drug-likeness (QED) is 0.865. The zero-order valence-corrected chi connectivity index (χ0v) is 13.0. The second-order valence-electron chi connectivity index (χ2n) is 5.27. The maximum Gasteiger partial charge on any atom is 0.243 e. The van der Waals surface area contributed by atoms with Gasteiger partial charge in [-0.05, 0) is 37.5 Å². The molecule has 0 saturated carbocycles. The highest BCUT2D eigenvalue weighted by Gasteiger charge is 2.36. The van der Waals surface area contributed by atoms with E-state index in [2.05, 4.69) is 0 Å². The summed E-state index contributed by atoms with van der Waals surface area (Å²) in [6.07, 6.45) is 0.822. The van der Waals surface area contributed by atoms with Gasteiger partial charge in [0.15, 0.2) is 0 Å². The molecule has 0 bridgehead atoms. The molecule has 2 unspecified atom stereocenters. The fraction of sp³-hybridized carbons (Fsp3) is 0.462. The van der Waals surface area contributed by atoms with Crippen molar-refractivity contribution < 1.29 is 12.8 Å². The minimum absolute atomic E-state index is 0.0302. The van der Waals surface area contributed by atoms with Crippen molar-refractivity contribution in [1.82, 2.24) is 4.31 Å². The normalized spacial score (nSPS) is 23.9. The predicted molar refractivity (Wildman–Crippen MR) is 79.4 cm³/mol. The number of nitrogens with zero attached hydrogens (tertiary/aromatic N) is 1. The number of hydrogen-bond acceptors (Lipinski definition) is 3. The second kappa shape index (κ2) is 5.38. The van der Waals surface area contributed by atoms with E-state index in [0.29, 0.717) is 12.5 Å². The lowest BCUT2D eigenvalue weighted by atomic mass is 10.1. The molecule has 1 heterocycles. The first-order valence-corrected chi connectivity index (χ1v) is 8.19. The van der Waals surface area contributed by atoms with E-state index in [1.807, 2.05) is 13.8 Å². The van der Waals surface area contributed by atoms with Gasteiger partial charge in [0, 0.05) is 18.2 Å². The zero-order chi connectivity index (χ0) is 15.1. The second-order valence-corrected chi connectivity index (χ2v) is 7.60. The third-order valence-electron chi connectivity index (χ3n) is 3.54. The molecule has 7 heteroatoms. The maximum atomic E-state index is 13.5. The molecule has 2 N–H and O–H groups in total. The Morgan fingerprint density at radius 2 is 2.10 bits per heavy atom. The smallest absolute Gasteiger partial charge is 0.243 e. The van der Waals surface area contributed by atoms with E-state index in [1.165, 1.54) is 16.4 Å². The Morgan fingerprint density at radius 3 is 2.60 bits per heavy atom. The first kappa shape index (κ1) is 15.3. The summed E-state index contributed by atoms with van der Waals surface area (Å²) in [6.45, 7) is 4.36. The van der Waals surface area contributed by atoms with Crippen molar-refractivity contribution in [3.63, 3.8) is 0 Å². The first-order chi connectivity index (χ1) is 9.23. The Bertz CT molecular complexity index is 646. The summed E-state index contributed by atoms with van der Waals surface area (Å²) in [5.74, 6) is -0.297. The average Bonchev–Trinajstić information content (AvgIpc) is 2.69. The van der Waals surface area contributed by atoms with Crippen LogP contribution in [0, 0.1) is 11.7 Å². The number of halogens is 1. The van der Waals surface area contributed by atoms with E-state index >= 15 is 0 Å². The fourth-order valence-corrected chi connectivity index (χ4v) is 4.53. The molecule has 0 spiro atoms. The van der Waals surface area contributed by atoms with Gasteiger partial charge in [0.2, 0.25) is 10.0 Å². The van der Waals surface area contributed by atoms with Gasteiger partial charge in [-0.2, -0.15) is 4.31 Å². The van der Waals surface area contributed by atoms with E-state index in [0.717, 1.165) is 12.5 Å². The van der Waals surface area contributed by atoms with Crippen LogP contribution in [0.5, 0.6) is 0 Å². The van der Waals surface area contributed by atoms with Gasteiger partial charge in [-0.25, -0.2) is 12.8 Å². The highest BCUT2D eigenvalue weighted by Crippen LogP contribution is 2.29. The van der Waals surface area contributed by atoms with Gasteiger partial charge in [0.05, 0.1) is 4.90 Å². The number of benzene rings is 1. The summed E-state index contributed by atoms with van der Waals surface area (Å²) < 4.78 is 40.2. The van der Waals surface area contributed by atoms with E-state index in [9.17, 15) is 12.8 Å². The zero-order valence-electron chi connectivity index (χ0n) is 11.3. The SMILES string of the molecule is CC1CC(C)N(S(=O)(=O)c2ccc(F)c(C(N)=S)c2)C1. The number of sulfonamides is 1. The van der Waals surface area contributed by atoms with Gasteiger partial charge >= 0.3 is 0 Å². The van der Waals surface area contributed by atoms with Crippen LogP contribution in [0.25, 0.3) is 0 Å². The largest absolute Gasteiger partial charge is 0.389 e. The van der Waals surface area contributed by atoms with Crippen LogP contribution in [0.3, 0.4) is 0 Å². The Hall–Kier alpha value is -1.05. The van der Waals surface area contributed by atoms with Crippen molar-refractivity contribution >= 4 is 27.2 Å². The maximum absolute atomic E-state index is 13.5. The molecule has 20 heavy (non-hydrogen) atoms.